The molecule has 0 atom stereocenters. The number of carbonyl (C=O) groups is 1. The van der Waals surface area contributed by atoms with Crippen LogP contribution in [-0.2, 0) is 16.1 Å². The molecule has 1 saturated carbocycles. The fraction of sp³-hybridized carbons (Fsp3) is 0.588. The quantitative estimate of drug-likeness (QED) is 0.480. The molecule has 1 aliphatic carbocycles. The van der Waals surface area contributed by atoms with Gasteiger partial charge in [0, 0.05) is 25.9 Å². The van der Waals surface area contributed by atoms with Gasteiger partial charge in [-0.1, -0.05) is 30.7 Å². The zero-order valence-corrected chi connectivity index (χ0v) is 16.2. The van der Waals surface area contributed by atoms with E-state index in [1.54, 1.807) is 19.4 Å². The second-order valence-corrected chi connectivity index (χ2v) is 7.20. The van der Waals surface area contributed by atoms with Crippen molar-refractivity contribution >= 4 is 17.7 Å². The van der Waals surface area contributed by atoms with Crippen LogP contribution in [0.25, 0.3) is 0 Å². The molecule has 2 aromatic rings. The van der Waals surface area contributed by atoms with Crippen molar-refractivity contribution in [1.29, 1.82) is 0 Å². The standard InChI is InChI=1S/C17H24N6O3S/c1-25-8-9-26-16-7-6-13(11-19-16)10-18-15(24)12-27-17-20-21-22-23(17)14-4-2-3-5-14/h6-7,11,14H,2-5,8-10,12H2,1H3,(H,18,24). The van der Waals surface area contributed by atoms with Crippen LogP contribution in [0.3, 0.4) is 0 Å². The monoisotopic (exact) mass is 392 g/mol. The van der Waals surface area contributed by atoms with Crippen LogP contribution in [0, 0.1) is 0 Å². The summed E-state index contributed by atoms with van der Waals surface area (Å²) in [4.78, 5) is 16.3. The Bertz CT molecular complexity index is 718. The molecule has 0 radical (unpaired) electrons. The minimum atomic E-state index is -0.0682. The summed E-state index contributed by atoms with van der Waals surface area (Å²) in [6, 6.07) is 4.02. The molecule has 3 rings (SSSR count). The maximum absolute atomic E-state index is 12.1. The lowest BCUT2D eigenvalue weighted by molar-refractivity contribution is -0.118. The zero-order chi connectivity index (χ0) is 18.9. The SMILES string of the molecule is COCCOc1ccc(CNC(=O)CSc2nnnn2C2CCCC2)cn1. The predicted molar refractivity (Wildman–Crippen MR) is 99.5 cm³/mol. The van der Waals surface area contributed by atoms with E-state index in [0.29, 0.717) is 36.8 Å². The van der Waals surface area contributed by atoms with Crippen molar-refractivity contribution in [3.8, 4) is 5.88 Å². The number of methoxy groups -OCH3 is 1. The molecule has 1 amide bonds. The first-order valence-corrected chi connectivity index (χ1v) is 9.99. The number of pyridine rings is 1. The highest BCUT2D eigenvalue weighted by Gasteiger charge is 2.22. The lowest BCUT2D eigenvalue weighted by Crippen LogP contribution is -2.25. The number of hydrogen-bond donors (Lipinski definition) is 1. The smallest absolute Gasteiger partial charge is 0.230 e. The van der Waals surface area contributed by atoms with Gasteiger partial charge in [0.05, 0.1) is 18.4 Å². The van der Waals surface area contributed by atoms with Crippen molar-refractivity contribution in [2.24, 2.45) is 0 Å². The summed E-state index contributed by atoms with van der Waals surface area (Å²) in [7, 11) is 1.62. The van der Waals surface area contributed by atoms with Crippen LogP contribution in [-0.4, -0.2) is 57.2 Å². The minimum Gasteiger partial charge on any atom is -0.475 e. The molecular weight excluding hydrogens is 368 g/mol. The maximum Gasteiger partial charge on any atom is 0.230 e. The number of carbonyl (C=O) groups excluding carboxylic acids is 1. The first-order chi connectivity index (χ1) is 13.3. The first-order valence-electron chi connectivity index (χ1n) is 9.00. The fourth-order valence-electron chi connectivity index (χ4n) is 2.87. The molecule has 0 aromatic carbocycles. The zero-order valence-electron chi connectivity index (χ0n) is 15.3. The Kier molecular flexibility index (Phi) is 7.40. The number of ether oxygens (including phenoxy) is 2. The largest absolute Gasteiger partial charge is 0.475 e. The van der Waals surface area contributed by atoms with Crippen LogP contribution in [0.15, 0.2) is 23.5 Å². The Labute approximate surface area is 162 Å². The van der Waals surface area contributed by atoms with E-state index in [4.69, 9.17) is 9.47 Å². The Morgan fingerprint density at radius 3 is 2.93 bits per heavy atom. The predicted octanol–water partition coefficient (Wildman–Crippen LogP) is 1.62. The van der Waals surface area contributed by atoms with Crippen molar-refractivity contribution in [2.45, 2.75) is 43.4 Å². The molecule has 9 nitrogen and oxygen atoms in total. The van der Waals surface area contributed by atoms with Gasteiger partial charge in [-0.15, -0.1) is 5.10 Å². The number of hydrogen-bond acceptors (Lipinski definition) is 8. The van der Waals surface area contributed by atoms with Crippen molar-refractivity contribution in [2.75, 3.05) is 26.1 Å². The molecule has 0 aliphatic heterocycles. The molecule has 1 aliphatic rings. The van der Waals surface area contributed by atoms with Crippen molar-refractivity contribution in [1.82, 2.24) is 30.5 Å². The van der Waals surface area contributed by atoms with Crippen molar-refractivity contribution < 1.29 is 14.3 Å². The Hall–Kier alpha value is -2.20. The number of thioether (sulfide) groups is 1. The third kappa shape index (κ3) is 5.90. The maximum atomic E-state index is 12.1. The fourth-order valence-corrected chi connectivity index (χ4v) is 3.65. The van der Waals surface area contributed by atoms with E-state index in [1.807, 2.05) is 10.7 Å². The van der Waals surface area contributed by atoms with Crippen LogP contribution in [0.5, 0.6) is 5.88 Å². The molecule has 2 aromatic heterocycles. The first kappa shape index (κ1) is 19.6. The summed E-state index contributed by atoms with van der Waals surface area (Å²) in [5.41, 5.74) is 0.906. The van der Waals surface area contributed by atoms with Crippen LogP contribution in [0.1, 0.15) is 37.3 Å². The highest BCUT2D eigenvalue weighted by Crippen LogP contribution is 2.31. The van der Waals surface area contributed by atoms with E-state index in [-0.39, 0.29) is 11.7 Å². The van der Waals surface area contributed by atoms with Gasteiger partial charge in [-0.2, -0.15) is 0 Å². The molecule has 2 heterocycles. The number of aromatic nitrogens is 5. The summed E-state index contributed by atoms with van der Waals surface area (Å²) < 4.78 is 12.2. The third-order valence-corrected chi connectivity index (χ3v) is 5.22. The number of tetrazole rings is 1. The topological polar surface area (TPSA) is 104 Å². The number of nitrogens with zero attached hydrogens (tertiary/aromatic N) is 5. The summed E-state index contributed by atoms with van der Waals surface area (Å²) in [6.07, 6.45) is 6.31. The Morgan fingerprint density at radius 2 is 2.19 bits per heavy atom. The van der Waals surface area contributed by atoms with E-state index < -0.39 is 0 Å². The van der Waals surface area contributed by atoms with E-state index >= 15 is 0 Å². The van der Waals surface area contributed by atoms with Crippen molar-refractivity contribution in [3.05, 3.63) is 23.9 Å². The minimum absolute atomic E-state index is 0.0682. The number of nitrogens with one attached hydrogen (secondary N) is 1. The highest BCUT2D eigenvalue weighted by molar-refractivity contribution is 7.99. The molecule has 0 unspecified atom stereocenters. The highest BCUT2D eigenvalue weighted by atomic mass is 32.2. The third-order valence-electron chi connectivity index (χ3n) is 4.29. The lowest BCUT2D eigenvalue weighted by Gasteiger charge is -2.10. The van der Waals surface area contributed by atoms with Gasteiger partial charge in [0.2, 0.25) is 16.9 Å². The summed E-state index contributed by atoms with van der Waals surface area (Å²) in [5, 5.41) is 15.5. The molecule has 10 heteroatoms. The normalized spacial score (nSPS) is 14.4. The van der Waals surface area contributed by atoms with E-state index in [2.05, 4.69) is 25.8 Å². The molecule has 0 spiro atoms. The van der Waals surface area contributed by atoms with Crippen LogP contribution in [0.4, 0.5) is 0 Å². The molecule has 1 fully saturated rings. The van der Waals surface area contributed by atoms with Crippen molar-refractivity contribution in [3.63, 3.8) is 0 Å². The van der Waals surface area contributed by atoms with Gasteiger partial charge in [-0.25, -0.2) is 9.67 Å². The van der Waals surface area contributed by atoms with Gasteiger partial charge in [0.1, 0.15) is 6.61 Å². The summed E-state index contributed by atoms with van der Waals surface area (Å²) >= 11 is 1.36. The van der Waals surface area contributed by atoms with Crippen LogP contribution in [0.2, 0.25) is 0 Å². The van der Waals surface area contributed by atoms with E-state index in [0.717, 1.165) is 18.4 Å². The van der Waals surface area contributed by atoms with Gasteiger partial charge in [0.15, 0.2) is 0 Å². The molecule has 27 heavy (non-hydrogen) atoms. The number of amides is 1. The lowest BCUT2D eigenvalue weighted by atomic mass is 10.3. The molecule has 1 N–H and O–H groups in total. The van der Waals surface area contributed by atoms with Gasteiger partial charge in [0.25, 0.3) is 0 Å². The van der Waals surface area contributed by atoms with Crippen LogP contribution < -0.4 is 10.1 Å². The molecule has 0 bridgehead atoms. The average molecular weight is 392 g/mol. The average Bonchev–Trinajstić information content (AvgIpc) is 3.37. The van der Waals surface area contributed by atoms with E-state index in [1.165, 1.54) is 24.6 Å². The Morgan fingerprint density at radius 1 is 1.33 bits per heavy atom. The molecule has 0 saturated heterocycles. The second kappa shape index (κ2) is 10.2. The Balaban J connectivity index is 1.40. The molecular formula is C17H24N6O3S. The van der Waals surface area contributed by atoms with Gasteiger partial charge in [-0.05, 0) is 28.8 Å². The van der Waals surface area contributed by atoms with Gasteiger partial charge >= 0.3 is 0 Å². The molecule has 146 valence electrons. The van der Waals surface area contributed by atoms with Gasteiger partial charge < -0.3 is 14.8 Å². The summed E-state index contributed by atoms with van der Waals surface area (Å²) in [6.45, 7) is 1.39. The second-order valence-electron chi connectivity index (χ2n) is 6.26. The summed E-state index contributed by atoms with van der Waals surface area (Å²) in [5.74, 6) is 0.747. The van der Waals surface area contributed by atoms with Crippen LogP contribution >= 0.6 is 11.8 Å². The number of rotatable bonds is 10. The van der Waals surface area contributed by atoms with Gasteiger partial charge in [-0.3, -0.25) is 4.79 Å². The van der Waals surface area contributed by atoms with E-state index in [9.17, 15) is 4.79 Å².